The van der Waals surface area contributed by atoms with Crippen molar-refractivity contribution in [3.63, 3.8) is 0 Å². The largest absolute Gasteiger partial charge is 0.481 e. The first-order valence-corrected chi connectivity index (χ1v) is 6.49. The summed E-state index contributed by atoms with van der Waals surface area (Å²) in [6.45, 7) is 1.33. The van der Waals surface area contributed by atoms with E-state index in [2.05, 4.69) is 0 Å². The Bertz CT molecular complexity index is 468. The lowest BCUT2D eigenvalue weighted by molar-refractivity contribution is -0.164. The zero-order valence-corrected chi connectivity index (χ0v) is 11.0. The average Bonchev–Trinajstić information content (AvgIpc) is 2.74. The van der Waals surface area contributed by atoms with Crippen molar-refractivity contribution < 1.29 is 19.4 Å². The van der Waals surface area contributed by atoms with Crippen molar-refractivity contribution >= 4 is 11.9 Å². The molecule has 1 aliphatic carbocycles. The van der Waals surface area contributed by atoms with Gasteiger partial charge in [-0.15, -0.1) is 0 Å². The summed E-state index contributed by atoms with van der Waals surface area (Å²) >= 11 is 0. The van der Waals surface area contributed by atoms with E-state index in [0.717, 1.165) is 12.0 Å². The highest BCUT2D eigenvalue weighted by atomic mass is 16.5. The van der Waals surface area contributed by atoms with E-state index in [1.54, 1.807) is 0 Å². The number of benzene rings is 1. The first-order chi connectivity index (χ1) is 9.04. The highest BCUT2D eigenvalue weighted by Gasteiger charge is 2.51. The van der Waals surface area contributed by atoms with Gasteiger partial charge in [0.05, 0.1) is 0 Å². The van der Waals surface area contributed by atoms with Gasteiger partial charge < -0.3 is 9.84 Å². The molecule has 0 bridgehead atoms. The summed E-state index contributed by atoms with van der Waals surface area (Å²) in [6.07, 6.45) is 1.83. The van der Waals surface area contributed by atoms with Crippen LogP contribution in [0.1, 0.15) is 31.7 Å². The Balaban J connectivity index is 2.27. The fraction of sp³-hybridized carbons (Fsp3) is 0.467. The highest BCUT2D eigenvalue weighted by molar-refractivity contribution is 5.77. The molecule has 2 rings (SSSR count). The van der Waals surface area contributed by atoms with Crippen LogP contribution in [-0.2, 0) is 20.7 Å². The Kier molecular flexibility index (Phi) is 3.88. The van der Waals surface area contributed by atoms with Gasteiger partial charge >= 0.3 is 11.9 Å². The Labute approximate surface area is 112 Å². The van der Waals surface area contributed by atoms with E-state index in [9.17, 15) is 14.7 Å². The highest BCUT2D eigenvalue weighted by Crippen LogP contribution is 2.43. The van der Waals surface area contributed by atoms with Crippen LogP contribution in [0.5, 0.6) is 0 Å². The molecule has 1 aromatic rings. The van der Waals surface area contributed by atoms with Crippen molar-refractivity contribution in [1.29, 1.82) is 0 Å². The van der Waals surface area contributed by atoms with E-state index in [-0.39, 0.29) is 0 Å². The van der Waals surface area contributed by atoms with E-state index >= 15 is 0 Å². The van der Waals surface area contributed by atoms with Crippen LogP contribution in [0.3, 0.4) is 0 Å². The molecule has 0 amide bonds. The molecule has 4 heteroatoms. The second-order valence-corrected chi connectivity index (χ2v) is 5.11. The molecular weight excluding hydrogens is 244 g/mol. The summed E-state index contributed by atoms with van der Waals surface area (Å²) in [5.41, 5.74) is -0.0172. The van der Waals surface area contributed by atoms with Crippen LogP contribution in [0.15, 0.2) is 30.3 Å². The fourth-order valence-electron chi connectivity index (χ4n) is 2.89. The molecule has 0 saturated heterocycles. The topological polar surface area (TPSA) is 63.6 Å². The lowest BCUT2D eigenvalue weighted by atomic mass is 9.78. The Morgan fingerprint density at radius 2 is 2.05 bits per heavy atom. The molecule has 1 N–H and O–H groups in total. The minimum absolute atomic E-state index is 0.404. The van der Waals surface area contributed by atoms with Gasteiger partial charge in [0.15, 0.2) is 0 Å². The van der Waals surface area contributed by atoms with E-state index in [0.29, 0.717) is 19.3 Å². The number of carboxylic acids is 1. The molecule has 0 radical (unpaired) electrons. The third-order valence-electron chi connectivity index (χ3n) is 3.80. The van der Waals surface area contributed by atoms with Gasteiger partial charge in [-0.2, -0.15) is 0 Å². The second kappa shape index (κ2) is 5.43. The van der Waals surface area contributed by atoms with E-state index < -0.39 is 23.5 Å². The maximum absolute atomic E-state index is 11.7. The Morgan fingerprint density at radius 1 is 1.37 bits per heavy atom. The standard InChI is InChI=1S/C15H18O4/c1-11(16)19-13-8-5-9-15(13,14(17)18)10-12-6-3-2-4-7-12/h2-4,6-7,13H,5,8-10H2,1H3,(H,17,18). The molecule has 0 spiro atoms. The second-order valence-electron chi connectivity index (χ2n) is 5.11. The Morgan fingerprint density at radius 3 is 2.63 bits per heavy atom. The van der Waals surface area contributed by atoms with Crippen molar-refractivity contribution in [1.82, 2.24) is 0 Å². The van der Waals surface area contributed by atoms with Gasteiger partial charge in [0, 0.05) is 6.92 Å². The van der Waals surface area contributed by atoms with Crippen LogP contribution in [-0.4, -0.2) is 23.1 Å². The minimum Gasteiger partial charge on any atom is -0.481 e. The predicted octanol–water partition coefficient (Wildman–Crippen LogP) is 2.42. The molecule has 0 aromatic heterocycles. The molecule has 102 valence electrons. The summed E-state index contributed by atoms with van der Waals surface area (Å²) in [5.74, 6) is -1.29. The van der Waals surface area contributed by atoms with Crippen LogP contribution >= 0.6 is 0 Å². The number of carbonyl (C=O) groups excluding carboxylic acids is 1. The van der Waals surface area contributed by atoms with Crippen LogP contribution in [0.25, 0.3) is 0 Å². The fourth-order valence-corrected chi connectivity index (χ4v) is 2.89. The molecule has 1 aliphatic rings. The van der Waals surface area contributed by atoms with Gasteiger partial charge in [0.25, 0.3) is 0 Å². The maximum Gasteiger partial charge on any atom is 0.313 e. The van der Waals surface area contributed by atoms with E-state index in [1.165, 1.54) is 6.92 Å². The maximum atomic E-state index is 11.7. The summed E-state index contributed by atoms with van der Waals surface area (Å²) in [6, 6.07) is 9.50. The molecule has 0 heterocycles. The number of carboxylic acid groups (broad SMARTS) is 1. The van der Waals surface area contributed by atoms with Crippen LogP contribution in [0, 0.1) is 5.41 Å². The molecule has 1 aromatic carbocycles. The van der Waals surface area contributed by atoms with Gasteiger partial charge in [-0.3, -0.25) is 9.59 Å². The van der Waals surface area contributed by atoms with Crippen molar-refractivity contribution in [2.75, 3.05) is 0 Å². The van der Waals surface area contributed by atoms with Gasteiger partial charge in [-0.05, 0) is 31.2 Å². The van der Waals surface area contributed by atoms with Crippen molar-refractivity contribution in [2.24, 2.45) is 5.41 Å². The summed E-state index contributed by atoms with van der Waals surface area (Å²) in [4.78, 5) is 22.9. The number of carbonyl (C=O) groups is 2. The number of aliphatic carboxylic acids is 1. The van der Waals surface area contributed by atoms with Crippen molar-refractivity contribution in [3.8, 4) is 0 Å². The lowest BCUT2D eigenvalue weighted by Gasteiger charge is -2.30. The lowest BCUT2D eigenvalue weighted by Crippen LogP contribution is -2.42. The quantitative estimate of drug-likeness (QED) is 0.846. The number of ether oxygens (including phenoxy) is 1. The molecule has 2 atom stereocenters. The minimum atomic E-state index is -0.979. The molecular formula is C15H18O4. The molecule has 4 nitrogen and oxygen atoms in total. The van der Waals surface area contributed by atoms with Crippen LogP contribution < -0.4 is 0 Å². The van der Waals surface area contributed by atoms with Gasteiger partial charge in [-0.25, -0.2) is 0 Å². The number of esters is 1. The van der Waals surface area contributed by atoms with Crippen molar-refractivity contribution in [2.45, 2.75) is 38.7 Å². The monoisotopic (exact) mass is 262 g/mol. The van der Waals surface area contributed by atoms with Gasteiger partial charge in [0.2, 0.25) is 0 Å². The predicted molar refractivity (Wildman–Crippen MR) is 69.6 cm³/mol. The first kappa shape index (κ1) is 13.6. The molecule has 1 saturated carbocycles. The molecule has 0 aliphatic heterocycles. The van der Waals surface area contributed by atoms with E-state index in [1.807, 2.05) is 30.3 Å². The molecule has 19 heavy (non-hydrogen) atoms. The third kappa shape index (κ3) is 2.78. The average molecular weight is 262 g/mol. The van der Waals surface area contributed by atoms with Crippen LogP contribution in [0.4, 0.5) is 0 Å². The zero-order chi connectivity index (χ0) is 13.9. The van der Waals surface area contributed by atoms with Gasteiger partial charge in [-0.1, -0.05) is 30.3 Å². The third-order valence-corrected chi connectivity index (χ3v) is 3.80. The smallest absolute Gasteiger partial charge is 0.313 e. The zero-order valence-electron chi connectivity index (χ0n) is 11.0. The summed E-state index contributed by atoms with van der Waals surface area (Å²) in [5, 5.41) is 9.62. The summed E-state index contributed by atoms with van der Waals surface area (Å²) in [7, 11) is 0. The number of hydrogen-bond acceptors (Lipinski definition) is 3. The normalized spacial score (nSPS) is 26.1. The van der Waals surface area contributed by atoms with Gasteiger partial charge in [0.1, 0.15) is 11.5 Å². The van der Waals surface area contributed by atoms with Crippen molar-refractivity contribution in [3.05, 3.63) is 35.9 Å². The molecule has 1 fully saturated rings. The number of rotatable bonds is 4. The van der Waals surface area contributed by atoms with Crippen LogP contribution in [0.2, 0.25) is 0 Å². The Hall–Kier alpha value is -1.84. The van der Waals surface area contributed by atoms with E-state index in [4.69, 9.17) is 4.74 Å². The summed E-state index contributed by atoms with van der Waals surface area (Å²) < 4.78 is 5.24. The first-order valence-electron chi connectivity index (χ1n) is 6.49. The molecule has 2 unspecified atom stereocenters. The number of hydrogen-bond donors (Lipinski definition) is 1. The SMILES string of the molecule is CC(=O)OC1CCCC1(Cc1ccccc1)C(=O)O.